The summed E-state index contributed by atoms with van der Waals surface area (Å²) >= 11 is 1.70. The molecule has 0 aromatic carbocycles. The molecule has 0 aliphatic rings. The van der Waals surface area contributed by atoms with Gasteiger partial charge in [0.05, 0.1) is 12.6 Å². The van der Waals surface area contributed by atoms with E-state index < -0.39 is 6.04 Å². The summed E-state index contributed by atoms with van der Waals surface area (Å²) in [6, 6.07) is -0.410. The van der Waals surface area contributed by atoms with E-state index in [4.69, 9.17) is 5.73 Å². The average molecular weight is 242 g/mol. The lowest BCUT2D eigenvalue weighted by Gasteiger charge is -2.20. The summed E-state index contributed by atoms with van der Waals surface area (Å²) in [5, 5.41) is 0. The molecule has 5 nitrogen and oxygen atoms in total. The number of nitrogens with one attached hydrogen (secondary N) is 1. The van der Waals surface area contributed by atoms with Crippen LogP contribution < -0.4 is 5.73 Å². The summed E-state index contributed by atoms with van der Waals surface area (Å²) in [5.41, 5.74) is 5.80. The molecule has 0 aliphatic heterocycles. The number of aromatic nitrogens is 2. The number of carbonyl (C=O) groups is 1. The van der Waals surface area contributed by atoms with E-state index in [1.54, 1.807) is 36.1 Å². The van der Waals surface area contributed by atoms with Crippen molar-refractivity contribution in [3.63, 3.8) is 0 Å². The first-order chi connectivity index (χ1) is 7.65. The van der Waals surface area contributed by atoms with Gasteiger partial charge in [-0.05, 0) is 18.4 Å². The van der Waals surface area contributed by atoms with E-state index in [0.717, 1.165) is 11.6 Å². The van der Waals surface area contributed by atoms with Crippen molar-refractivity contribution in [2.45, 2.75) is 19.0 Å². The summed E-state index contributed by atoms with van der Waals surface area (Å²) in [7, 11) is 1.74. The number of aromatic amines is 1. The maximum Gasteiger partial charge on any atom is 0.239 e. The summed E-state index contributed by atoms with van der Waals surface area (Å²) < 4.78 is 0. The SMILES string of the molecule is CSCC[C@@H](N)C(=O)N(C)Cc1ncc[nH]1. The van der Waals surface area contributed by atoms with Gasteiger partial charge in [-0.1, -0.05) is 0 Å². The molecule has 0 bridgehead atoms. The number of imidazole rings is 1. The Morgan fingerprint density at radius 2 is 2.50 bits per heavy atom. The molecule has 1 atom stereocenters. The van der Waals surface area contributed by atoms with Crippen LogP contribution in [-0.2, 0) is 11.3 Å². The van der Waals surface area contributed by atoms with Gasteiger partial charge in [0, 0.05) is 19.4 Å². The number of amides is 1. The molecule has 1 aromatic heterocycles. The van der Waals surface area contributed by atoms with Crippen molar-refractivity contribution in [2.24, 2.45) is 5.73 Å². The highest BCUT2D eigenvalue weighted by Gasteiger charge is 2.18. The Kier molecular flexibility index (Phi) is 5.34. The molecule has 16 heavy (non-hydrogen) atoms. The monoisotopic (exact) mass is 242 g/mol. The van der Waals surface area contributed by atoms with Gasteiger partial charge in [0.2, 0.25) is 5.91 Å². The van der Waals surface area contributed by atoms with Gasteiger partial charge < -0.3 is 15.6 Å². The predicted octanol–water partition coefficient (Wildman–Crippen LogP) is 0.448. The van der Waals surface area contributed by atoms with Crippen molar-refractivity contribution in [3.05, 3.63) is 18.2 Å². The summed E-state index contributed by atoms with van der Waals surface area (Å²) in [4.78, 5) is 20.4. The van der Waals surface area contributed by atoms with Gasteiger partial charge in [0.25, 0.3) is 0 Å². The van der Waals surface area contributed by atoms with Crippen LogP contribution in [-0.4, -0.2) is 45.9 Å². The molecule has 0 radical (unpaired) electrons. The molecule has 0 saturated carbocycles. The second-order valence-corrected chi connectivity index (χ2v) is 4.60. The fourth-order valence-electron chi connectivity index (χ4n) is 1.34. The van der Waals surface area contributed by atoms with Crippen LogP contribution in [0.25, 0.3) is 0 Å². The van der Waals surface area contributed by atoms with Gasteiger partial charge in [-0.15, -0.1) is 0 Å². The molecule has 0 fully saturated rings. The second-order valence-electron chi connectivity index (χ2n) is 3.62. The molecule has 1 amide bonds. The molecule has 1 heterocycles. The van der Waals surface area contributed by atoms with Crippen LogP contribution in [0.1, 0.15) is 12.2 Å². The van der Waals surface area contributed by atoms with E-state index in [2.05, 4.69) is 9.97 Å². The first kappa shape index (κ1) is 13.1. The Labute approximate surface area is 99.8 Å². The minimum atomic E-state index is -0.410. The van der Waals surface area contributed by atoms with Gasteiger partial charge in [-0.3, -0.25) is 4.79 Å². The lowest BCUT2D eigenvalue weighted by Crippen LogP contribution is -2.41. The number of nitrogens with two attached hydrogens (primary N) is 1. The maximum absolute atomic E-state index is 11.8. The summed E-state index contributed by atoms with van der Waals surface area (Å²) in [6.07, 6.45) is 6.12. The molecule has 1 aromatic rings. The standard InChI is InChI=1S/C10H18N4OS/c1-14(7-9-12-4-5-13-9)10(15)8(11)3-6-16-2/h4-5,8H,3,6-7,11H2,1-2H3,(H,12,13)/t8-/m1/s1. The Morgan fingerprint density at radius 1 is 1.75 bits per heavy atom. The van der Waals surface area contributed by atoms with Gasteiger partial charge in [-0.25, -0.2) is 4.98 Å². The first-order valence-electron chi connectivity index (χ1n) is 5.13. The van der Waals surface area contributed by atoms with E-state index >= 15 is 0 Å². The molecule has 0 spiro atoms. The van der Waals surface area contributed by atoms with E-state index in [0.29, 0.717) is 13.0 Å². The van der Waals surface area contributed by atoms with Crippen molar-refractivity contribution < 1.29 is 4.79 Å². The highest BCUT2D eigenvalue weighted by molar-refractivity contribution is 7.98. The molecule has 1 rings (SSSR count). The largest absolute Gasteiger partial charge is 0.347 e. The zero-order chi connectivity index (χ0) is 12.0. The lowest BCUT2D eigenvalue weighted by atomic mass is 10.2. The third kappa shape index (κ3) is 3.86. The van der Waals surface area contributed by atoms with E-state index in [-0.39, 0.29) is 5.91 Å². The maximum atomic E-state index is 11.8. The van der Waals surface area contributed by atoms with Crippen molar-refractivity contribution in [3.8, 4) is 0 Å². The van der Waals surface area contributed by atoms with Crippen LogP contribution in [0.3, 0.4) is 0 Å². The van der Waals surface area contributed by atoms with Gasteiger partial charge in [0.1, 0.15) is 5.82 Å². The van der Waals surface area contributed by atoms with Gasteiger partial charge in [-0.2, -0.15) is 11.8 Å². The first-order valence-corrected chi connectivity index (χ1v) is 6.52. The van der Waals surface area contributed by atoms with Crippen LogP contribution >= 0.6 is 11.8 Å². The van der Waals surface area contributed by atoms with Crippen LogP contribution in [0.4, 0.5) is 0 Å². The molecule has 0 aliphatic carbocycles. The fourth-order valence-corrected chi connectivity index (χ4v) is 1.83. The lowest BCUT2D eigenvalue weighted by molar-refractivity contribution is -0.131. The predicted molar refractivity (Wildman–Crippen MR) is 66.0 cm³/mol. The quantitative estimate of drug-likeness (QED) is 0.759. The number of thioether (sulfide) groups is 1. The molecule has 90 valence electrons. The van der Waals surface area contributed by atoms with Gasteiger partial charge >= 0.3 is 0 Å². The minimum Gasteiger partial charge on any atom is -0.347 e. The van der Waals surface area contributed by atoms with E-state index in [1.807, 2.05) is 6.26 Å². The smallest absolute Gasteiger partial charge is 0.239 e. The Balaban J connectivity index is 2.41. The Morgan fingerprint density at radius 3 is 3.06 bits per heavy atom. The average Bonchev–Trinajstić information content (AvgIpc) is 2.77. The van der Waals surface area contributed by atoms with Crippen LogP contribution in [0.5, 0.6) is 0 Å². The molecule has 0 saturated heterocycles. The molecule has 6 heteroatoms. The number of likely N-dealkylation sites (N-methyl/N-ethyl adjacent to an activating group) is 1. The van der Waals surface area contributed by atoms with Crippen LogP contribution in [0, 0.1) is 0 Å². The number of nitrogens with zero attached hydrogens (tertiary/aromatic N) is 2. The Hall–Kier alpha value is -1.01. The number of hydrogen-bond acceptors (Lipinski definition) is 4. The summed E-state index contributed by atoms with van der Waals surface area (Å²) in [5.74, 6) is 1.64. The van der Waals surface area contributed by atoms with Crippen LogP contribution in [0.2, 0.25) is 0 Å². The van der Waals surface area contributed by atoms with E-state index in [9.17, 15) is 4.79 Å². The van der Waals surface area contributed by atoms with Crippen molar-refractivity contribution in [2.75, 3.05) is 19.1 Å². The van der Waals surface area contributed by atoms with Crippen LogP contribution in [0.15, 0.2) is 12.4 Å². The Bertz CT molecular complexity index is 315. The number of H-pyrrole nitrogens is 1. The second kappa shape index (κ2) is 6.55. The normalized spacial score (nSPS) is 12.4. The summed E-state index contributed by atoms with van der Waals surface area (Å²) in [6.45, 7) is 0.471. The van der Waals surface area contributed by atoms with Crippen molar-refractivity contribution >= 4 is 17.7 Å². The molecular formula is C10H18N4OS. The minimum absolute atomic E-state index is 0.0366. The third-order valence-corrected chi connectivity index (χ3v) is 2.91. The molecule has 0 unspecified atom stereocenters. The zero-order valence-electron chi connectivity index (χ0n) is 9.64. The zero-order valence-corrected chi connectivity index (χ0v) is 10.5. The highest BCUT2D eigenvalue weighted by atomic mass is 32.2. The third-order valence-electron chi connectivity index (χ3n) is 2.27. The number of rotatable bonds is 6. The number of hydrogen-bond donors (Lipinski definition) is 2. The van der Waals surface area contributed by atoms with Crippen molar-refractivity contribution in [1.82, 2.24) is 14.9 Å². The van der Waals surface area contributed by atoms with Gasteiger partial charge in [0.15, 0.2) is 0 Å². The molecular weight excluding hydrogens is 224 g/mol. The fraction of sp³-hybridized carbons (Fsp3) is 0.600. The van der Waals surface area contributed by atoms with Crippen molar-refractivity contribution in [1.29, 1.82) is 0 Å². The highest BCUT2D eigenvalue weighted by Crippen LogP contribution is 2.03. The van der Waals surface area contributed by atoms with E-state index in [1.165, 1.54) is 0 Å². The molecule has 3 N–H and O–H groups in total. The topological polar surface area (TPSA) is 75.0 Å². The number of carbonyl (C=O) groups excluding carboxylic acids is 1.